The van der Waals surface area contributed by atoms with Crippen molar-refractivity contribution in [2.24, 2.45) is 0 Å². The molecule has 1 atom stereocenters. The van der Waals surface area contributed by atoms with Crippen LogP contribution in [0.1, 0.15) is 12.5 Å². The number of nitrogens with one attached hydrogen (secondary N) is 1. The SMILES string of the molecule is COc1cccc(O[C@@H](C)C(=O)NCc2ccc(OC)c(OC)c2)c1. The molecule has 2 aromatic rings. The molecule has 6 nitrogen and oxygen atoms in total. The van der Waals surface area contributed by atoms with Crippen LogP contribution >= 0.6 is 0 Å². The molecule has 0 aromatic heterocycles. The first-order valence-corrected chi connectivity index (χ1v) is 7.86. The van der Waals surface area contributed by atoms with Crippen LogP contribution in [0.25, 0.3) is 0 Å². The van der Waals surface area contributed by atoms with Crippen LogP contribution in [0.4, 0.5) is 0 Å². The van der Waals surface area contributed by atoms with Gasteiger partial charge in [0.25, 0.3) is 5.91 Å². The van der Waals surface area contributed by atoms with E-state index >= 15 is 0 Å². The van der Waals surface area contributed by atoms with Crippen LogP contribution in [0, 0.1) is 0 Å². The summed E-state index contributed by atoms with van der Waals surface area (Å²) in [6.45, 7) is 2.06. The zero-order valence-corrected chi connectivity index (χ0v) is 14.9. The molecular formula is C19H23NO5. The van der Waals surface area contributed by atoms with Gasteiger partial charge in [-0.2, -0.15) is 0 Å². The van der Waals surface area contributed by atoms with Crippen LogP contribution in [0.15, 0.2) is 42.5 Å². The fraction of sp³-hybridized carbons (Fsp3) is 0.316. The summed E-state index contributed by atoms with van der Waals surface area (Å²) in [6, 6.07) is 12.6. The monoisotopic (exact) mass is 345 g/mol. The lowest BCUT2D eigenvalue weighted by atomic mass is 10.2. The Balaban J connectivity index is 1.92. The lowest BCUT2D eigenvalue weighted by molar-refractivity contribution is -0.127. The van der Waals surface area contributed by atoms with Gasteiger partial charge in [-0.05, 0) is 36.8 Å². The molecule has 2 rings (SSSR count). The molecule has 0 fully saturated rings. The molecule has 0 saturated carbocycles. The Kier molecular flexibility index (Phi) is 6.51. The second-order valence-electron chi connectivity index (χ2n) is 5.35. The predicted octanol–water partition coefficient (Wildman–Crippen LogP) is 2.80. The number of carbonyl (C=O) groups is 1. The van der Waals surface area contributed by atoms with Gasteiger partial charge in [-0.15, -0.1) is 0 Å². The minimum absolute atomic E-state index is 0.211. The normalized spacial score (nSPS) is 11.4. The van der Waals surface area contributed by atoms with Crippen molar-refractivity contribution in [3.05, 3.63) is 48.0 Å². The summed E-state index contributed by atoms with van der Waals surface area (Å²) in [5, 5.41) is 2.84. The van der Waals surface area contributed by atoms with E-state index in [4.69, 9.17) is 18.9 Å². The first-order chi connectivity index (χ1) is 12.1. The van der Waals surface area contributed by atoms with Crippen LogP contribution < -0.4 is 24.3 Å². The van der Waals surface area contributed by atoms with Crippen molar-refractivity contribution in [3.8, 4) is 23.0 Å². The Morgan fingerprint density at radius 2 is 1.68 bits per heavy atom. The molecule has 0 aliphatic carbocycles. The van der Waals surface area contributed by atoms with Crippen LogP contribution in [-0.2, 0) is 11.3 Å². The summed E-state index contributed by atoms with van der Waals surface area (Å²) in [6.07, 6.45) is -0.632. The van der Waals surface area contributed by atoms with Gasteiger partial charge < -0.3 is 24.3 Å². The van der Waals surface area contributed by atoms with Gasteiger partial charge in [0.15, 0.2) is 17.6 Å². The molecule has 0 heterocycles. The Morgan fingerprint density at radius 1 is 0.960 bits per heavy atom. The van der Waals surface area contributed by atoms with Crippen molar-refractivity contribution in [1.82, 2.24) is 5.32 Å². The summed E-state index contributed by atoms with van der Waals surface area (Å²) in [7, 11) is 4.74. The molecule has 0 spiro atoms. The largest absolute Gasteiger partial charge is 0.497 e. The van der Waals surface area contributed by atoms with Crippen LogP contribution in [-0.4, -0.2) is 33.3 Å². The van der Waals surface area contributed by atoms with Gasteiger partial charge in [-0.25, -0.2) is 0 Å². The molecule has 0 radical (unpaired) electrons. The Hall–Kier alpha value is -2.89. The molecule has 0 bridgehead atoms. The molecule has 25 heavy (non-hydrogen) atoms. The van der Waals surface area contributed by atoms with Gasteiger partial charge in [-0.1, -0.05) is 12.1 Å². The van der Waals surface area contributed by atoms with E-state index in [1.54, 1.807) is 46.5 Å². The third kappa shape index (κ3) is 5.04. The molecule has 0 aliphatic heterocycles. The van der Waals surface area contributed by atoms with Crippen molar-refractivity contribution in [3.63, 3.8) is 0 Å². The van der Waals surface area contributed by atoms with Gasteiger partial charge in [0.05, 0.1) is 21.3 Å². The number of ether oxygens (including phenoxy) is 4. The molecule has 0 saturated heterocycles. The number of rotatable bonds is 8. The second kappa shape index (κ2) is 8.82. The number of carbonyl (C=O) groups excluding carboxylic acids is 1. The predicted molar refractivity (Wildman–Crippen MR) is 94.5 cm³/mol. The van der Waals surface area contributed by atoms with E-state index < -0.39 is 6.10 Å². The summed E-state index contributed by atoms with van der Waals surface area (Å²) >= 11 is 0. The van der Waals surface area contributed by atoms with Crippen molar-refractivity contribution >= 4 is 5.91 Å². The Labute approximate surface area is 147 Å². The van der Waals surface area contributed by atoms with Gasteiger partial charge >= 0.3 is 0 Å². The first kappa shape index (κ1) is 18.4. The fourth-order valence-electron chi connectivity index (χ4n) is 2.26. The average molecular weight is 345 g/mol. The van der Waals surface area contributed by atoms with E-state index in [1.807, 2.05) is 24.3 Å². The number of hydrogen-bond donors (Lipinski definition) is 1. The first-order valence-electron chi connectivity index (χ1n) is 7.86. The van der Waals surface area contributed by atoms with E-state index in [1.165, 1.54) is 0 Å². The zero-order chi connectivity index (χ0) is 18.2. The summed E-state index contributed by atoms with van der Waals surface area (Å²) < 4.78 is 21.2. The molecule has 0 aliphatic rings. The topological polar surface area (TPSA) is 66.0 Å². The lowest BCUT2D eigenvalue weighted by Gasteiger charge is -2.16. The highest BCUT2D eigenvalue weighted by molar-refractivity contribution is 5.80. The van der Waals surface area contributed by atoms with Crippen LogP contribution in [0.3, 0.4) is 0 Å². The second-order valence-corrected chi connectivity index (χ2v) is 5.35. The Bertz CT molecular complexity index is 717. The molecule has 6 heteroatoms. The van der Waals surface area contributed by atoms with Gasteiger partial charge in [0.1, 0.15) is 11.5 Å². The maximum Gasteiger partial charge on any atom is 0.261 e. The number of hydrogen-bond acceptors (Lipinski definition) is 5. The minimum atomic E-state index is -0.632. The van der Waals surface area contributed by atoms with Gasteiger partial charge in [-0.3, -0.25) is 4.79 Å². The van der Waals surface area contributed by atoms with E-state index in [2.05, 4.69) is 5.32 Å². The summed E-state index contributed by atoms with van der Waals surface area (Å²) in [4.78, 5) is 12.2. The average Bonchev–Trinajstić information content (AvgIpc) is 2.65. The maximum absolute atomic E-state index is 12.2. The highest BCUT2D eigenvalue weighted by Gasteiger charge is 2.15. The van der Waals surface area contributed by atoms with Crippen LogP contribution in [0.2, 0.25) is 0 Å². The number of amides is 1. The third-order valence-corrected chi connectivity index (χ3v) is 3.64. The molecule has 1 amide bonds. The maximum atomic E-state index is 12.2. The summed E-state index contributed by atoms with van der Waals surface area (Å²) in [5.41, 5.74) is 0.902. The lowest BCUT2D eigenvalue weighted by Crippen LogP contribution is -2.35. The highest BCUT2D eigenvalue weighted by Crippen LogP contribution is 2.27. The molecule has 1 N–H and O–H groups in total. The molecule has 2 aromatic carbocycles. The van der Waals surface area contributed by atoms with E-state index in [9.17, 15) is 4.79 Å². The molecule has 0 unspecified atom stereocenters. The molecule has 134 valence electrons. The van der Waals surface area contributed by atoms with Crippen molar-refractivity contribution in [2.45, 2.75) is 19.6 Å². The Morgan fingerprint density at radius 3 is 2.36 bits per heavy atom. The standard InChI is InChI=1S/C19H23NO5/c1-13(25-16-7-5-6-15(11-16)22-2)19(21)20-12-14-8-9-17(23-3)18(10-14)24-4/h5-11,13H,12H2,1-4H3,(H,20,21)/t13-/m0/s1. The van der Waals surface area contributed by atoms with E-state index in [-0.39, 0.29) is 5.91 Å². The summed E-state index contributed by atoms with van der Waals surface area (Å²) in [5.74, 6) is 2.31. The quantitative estimate of drug-likeness (QED) is 0.797. The number of benzene rings is 2. The third-order valence-electron chi connectivity index (χ3n) is 3.64. The van der Waals surface area contributed by atoms with E-state index in [0.29, 0.717) is 29.5 Å². The zero-order valence-electron chi connectivity index (χ0n) is 14.9. The number of methoxy groups -OCH3 is 3. The minimum Gasteiger partial charge on any atom is -0.497 e. The highest BCUT2D eigenvalue weighted by atomic mass is 16.5. The smallest absolute Gasteiger partial charge is 0.261 e. The van der Waals surface area contributed by atoms with Crippen molar-refractivity contribution in [2.75, 3.05) is 21.3 Å². The fourth-order valence-corrected chi connectivity index (χ4v) is 2.26. The van der Waals surface area contributed by atoms with Crippen molar-refractivity contribution in [1.29, 1.82) is 0 Å². The van der Waals surface area contributed by atoms with Crippen molar-refractivity contribution < 1.29 is 23.7 Å². The molecular weight excluding hydrogens is 322 g/mol. The van der Waals surface area contributed by atoms with Gasteiger partial charge in [0, 0.05) is 12.6 Å². The van der Waals surface area contributed by atoms with Gasteiger partial charge in [0.2, 0.25) is 0 Å². The van der Waals surface area contributed by atoms with E-state index in [0.717, 1.165) is 5.56 Å². The van der Waals surface area contributed by atoms with Crippen LogP contribution in [0.5, 0.6) is 23.0 Å².